The highest BCUT2D eigenvalue weighted by molar-refractivity contribution is 7.89. The maximum Gasteiger partial charge on any atom is 0.246 e. The molecular formula is C14H21N5O3S. The Morgan fingerprint density at radius 2 is 2.00 bits per heavy atom. The summed E-state index contributed by atoms with van der Waals surface area (Å²) in [6.45, 7) is 4.53. The van der Waals surface area contributed by atoms with Crippen molar-refractivity contribution in [2.75, 3.05) is 19.7 Å². The second-order valence-electron chi connectivity index (χ2n) is 5.83. The fourth-order valence-corrected chi connectivity index (χ4v) is 4.53. The maximum atomic E-state index is 12.9. The minimum Gasteiger partial charge on any atom is -0.368 e. The molecule has 0 spiro atoms. The molecule has 1 aliphatic rings. The molecule has 2 aromatic rings. The maximum absolute atomic E-state index is 12.9. The molecule has 1 aliphatic heterocycles. The summed E-state index contributed by atoms with van der Waals surface area (Å²) < 4.78 is 36.4. The number of sulfonamides is 1. The predicted molar refractivity (Wildman–Crippen MR) is 83.3 cm³/mol. The second-order valence-corrected chi connectivity index (χ2v) is 7.73. The molecule has 0 radical (unpaired) electrons. The highest BCUT2D eigenvalue weighted by Gasteiger charge is 2.34. The quantitative estimate of drug-likeness (QED) is 0.815. The molecule has 126 valence electrons. The van der Waals surface area contributed by atoms with Gasteiger partial charge >= 0.3 is 0 Å². The summed E-state index contributed by atoms with van der Waals surface area (Å²) in [5.74, 6) is 0.741. The van der Waals surface area contributed by atoms with E-state index < -0.39 is 10.0 Å². The molecule has 0 bridgehead atoms. The van der Waals surface area contributed by atoms with Gasteiger partial charge in [0, 0.05) is 39.6 Å². The van der Waals surface area contributed by atoms with Crippen molar-refractivity contribution in [1.82, 2.24) is 23.6 Å². The minimum atomic E-state index is -3.59. The van der Waals surface area contributed by atoms with E-state index in [4.69, 9.17) is 4.74 Å². The van der Waals surface area contributed by atoms with Crippen LogP contribution in [0.2, 0.25) is 0 Å². The van der Waals surface area contributed by atoms with E-state index in [-0.39, 0.29) is 17.5 Å². The van der Waals surface area contributed by atoms with Crippen LogP contribution in [0.15, 0.2) is 17.3 Å². The van der Waals surface area contributed by atoms with Crippen molar-refractivity contribution in [3.8, 4) is 0 Å². The smallest absolute Gasteiger partial charge is 0.246 e. The van der Waals surface area contributed by atoms with E-state index in [1.165, 1.54) is 8.99 Å². The van der Waals surface area contributed by atoms with Gasteiger partial charge in [-0.3, -0.25) is 4.68 Å². The summed E-state index contributed by atoms with van der Waals surface area (Å²) in [6.07, 6.45) is 3.08. The zero-order valence-electron chi connectivity index (χ0n) is 13.7. The van der Waals surface area contributed by atoms with Crippen LogP contribution in [0.4, 0.5) is 0 Å². The lowest BCUT2D eigenvalue weighted by Crippen LogP contribution is -2.42. The molecule has 1 saturated heterocycles. The van der Waals surface area contributed by atoms with Crippen LogP contribution in [0.1, 0.15) is 23.3 Å². The summed E-state index contributed by atoms with van der Waals surface area (Å²) in [6, 6.07) is 0. The highest BCUT2D eigenvalue weighted by Crippen LogP contribution is 2.26. The third-order valence-corrected chi connectivity index (χ3v) is 5.90. The zero-order chi connectivity index (χ0) is 16.8. The number of hydrogen-bond donors (Lipinski definition) is 0. The van der Waals surface area contributed by atoms with Gasteiger partial charge in [-0.15, -0.1) is 0 Å². The van der Waals surface area contributed by atoms with E-state index in [0.29, 0.717) is 18.8 Å². The molecule has 0 saturated carbocycles. The first kappa shape index (κ1) is 16.2. The van der Waals surface area contributed by atoms with Gasteiger partial charge in [-0.05, 0) is 13.8 Å². The standard InChI is InChI=1S/C14H21N5O3S/c1-10-7-17(3)14(15-10)12-8-19(5-6-22-12)23(20,21)13-9-18(4)16-11(13)2/h7,9,12H,5-6,8H2,1-4H3. The largest absolute Gasteiger partial charge is 0.368 e. The Morgan fingerprint density at radius 3 is 2.57 bits per heavy atom. The molecule has 0 aromatic carbocycles. The fraction of sp³-hybridized carbons (Fsp3) is 0.571. The van der Waals surface area contributed by atoms with Crippen LogP contribution in [-0.2, 0) is 28.9 Å². The van der Waals surface area contributed by atoms with Crippen molar-refractivity contribution >= 4 is 10.0 Å². The van der Waals surface area contributed by atoms with Crippen LogP contribution < -0.4 is 0 Å². The predicted octanol–water partition coefficient (Wildman–Crippen LogP) is 0.533. The van der Waals surface area contributed by atoms with Gasteiger partial charge < -0.3 is 9.30 Å². The van der Waals surface area contributed by atoms with Crippen LogP contribution in [-0.4, -0.2) is 51.8 Å². The van der Waals surface area contributed by atoms with Crippen LogP contribution in [0.25, 0.3) is 0 Å². The van der Waals surface area contributed by atoms with E-state index >= 15 is 0 Å². The van der Waals surface area contributed by atoms with Crippen molar-refractivity contribution in [1.29, 1.82) is 0 Å². The van der Waals surface area contributed by atoms with Crippen molar-refractivity contribution < 1.29 is 13.2 Å². The van der Waals surface area contributed by atoms with Crippen LogP contribution >= 0.6 is 0 Å². The Labute approximate surface area is 135 Å². The molecule has 3 rings (SSSR count). The third kappa shape index (κ3) is 2.91. The summed E-state index contributed by atoms with van der Waals surface area (Å²) in [5, 5.41) is 4.13. The molecule has 9 heteroatoms. The van der Waals surface area contributed by atoms with E-state index in [1.54, 1.807) is 20.2 Å². The molecule has 1 fully saturated rings. The number of hydrogen-bond acceptors (Lipinski definition) is 5. The molecule has 8 nitrogen and oxygen atoms in total. The SMILES string of the molecule is Cc1cn(C)c(C2CN(S(=O)(=O)c3cn(C)nc3C)CCO2)n1. The normalized spacial score (nSPS) is 20.1. The molecule has 2 aromatic heterocycles. The van der Waals surface area contributed by atoms with Gasteiger partial charge in [-0.1, -0.05) is 0 Å². The summed E-state index contributed by atoms with van der Waals surface area (Å²) in [5.41, 5.74) is 1.39. The lowest BCUT2D eigenvalue weighted by Gasteiger charge is -2.31. The van der Waals surface area contributed by atoms with Crippen LogP contribution in [0.5, 0.6) is 0 Å². The lowest BCUT2D eigenvalue weighted by molar-refractivity contribution is -0.00894. The van der Waals surface area contributed by atoms with Crippen molar-refractivity contribution in [3.63, 3.8) is 0 Å². The monoisotopic (exact) mass is 339 g/mol. The van der Waals surface area contributed by atoms with Gasteiger partial charge in [0.1, 0.15) is 16.8 Å². The molecule has 1 atom stereocenters. The fourth-order valence-electron chi connectivity index (χ4n) is 2.90. The summed E-state index contributed by atoms with van der Waals surface area (Å²) >= 11 is 0. The highest BCUT2D eigenvalue weighted by atomic mass is 32.2. The number of rotatable bonds is 3. The van der Waals surface area contributed by atoms with Crippen molar-refractivity contribution in [2.24, 2.45) is 14.1 Å². The molecule has 0 N–H and O–H groups in total. The number of nitrogens with zero attached hydrogens (tertiary/aromatic N) is 5. The van der Waals surface area contributed by atoms with E-state index in [0.717, 1.165) is 11.5 Å². The van der Waals surface area contributed by atoms with Gasteiger partial charge in [0.25, 0.3) is 0 Å². The minimum absolute atomic E-state index is 0.247. The van der Waals surface area contributed by atoms with E-state index in [9.17, 15) is 8.42 Å². The van der Waals surface area contributed by atoms with Gasteiger partial charge in [0.15, 0.2) is 0 Å². The molecule has 23 heavy (non-hydrogen) atoms. The van der Waals surface area contributed by atoms with Gasteiger partial charge in [-0.25, -0.2) is 13.4 Å². The first-order chi connectivity index (χ1) is 10.8. The van der Waals surface area contributed by atoms with Crippen LogP contribution in [0, 0.1) is 13.8 Å². The Morgan fingerprint density at radius 1 is 1.26 bits per heavy atom. The van der Waals surface area contributed by atoms with Crippen molar-refractivity contribution in [2.45, 2.75) is 24.8 Å². The summed E-state index contributed by atoms with van der Waals surface area (Å²) in [4.78, 5) is 4.69. The Balaban J connectivity index is 1.89. The van der Waals surface area contributed by atoms with Crippen LogP contribution in [0.3, 0.4) is 0 Å². The molecule has 0 amide bonds. The average Bonchev–Trinajstić information content (AvgIpc) is 3.00. The molecule has 1 unspecified atom stereocenters. The topological polar surface area (TPSA) is 82.2 Å². The Kier molecular flexibility index (Phi) is 4.03. The number of aromatic nitrogens is 4. The van der Waals surface area contributed by atoms with Crippen molar-refractivity contribution in [3.05, 3.63) is 29.6 Å². The molecule has 0 aliphatic carbocycles. The number of imidazole rings is 1. The second kappa shape index (κ2) is 5.73. The Bertz CT molecular complexity index is 824. The third-order valence-electron chi connectivity index (χ3n) is 3.94. The molecule has 3 heterocycles. The number of ether oxygens (including phenoxy) is 1. The number of morpholine rings is 1. The zero-order valence-corrected chi connectivity index (χ0v) is 14.5. The molecular weight excluding hydrogens is 318 g/mol. The van der Waals surface area contributed by atoms with Gasteiger partial charge in [-0.2, -0.15) is 9.40 Å². The number of aryl methyl sites for hydroxylation is 4. The van der Waals surface area contributed by atoms with Gasteiger partial charge in [0.2, 0.25) is 10.0 Å². The van der Waals surface area contributed by atoms with Gasteiger partial charge in [0.05, 0.1) is 18.0 Å². The average molecular weight is 339 g/mol. The first-order valence-electron chi connectivity index (χ1n) is 7.41. The summed E-state index contributed by atoms with van der Waals surface area (Å²) in [7, 11) is 0.0135. The van der Waals surface area contributed by atoms with E-state index in [2.05, 4.69) is 10.1 Å². The Hall–Kier alpha value is -1.71. The first-order valence-corrected chi connectivity index (χ1v) is 8.85. The lowest BCUT2D eigenvalue weighted by atomic mass is 10.3. The van der Waals surface area contributed by atoms with E-state index in [1.807, 2.05) is 24.7 Å².